The van der Waals surface area contributed by atoms with Crippen LogP contribution in [0.2, 0.25) is 0 Å². The lowest BCUT2D eigenvalue weighted by Crippen LogP contribution is -2.58. The van der Waals surface area contributed by atoms with Crippen LogP contribution in [0.3, 0.4) is 0 Å². The van der Waals surface area contributed by atoms with E-state index >= 15 is 0 Å². The van der Waals surface area contributed by atoms with E-state index in [4.69, 9.17) is 11.5 Å². The molecule has 1 aromatic carbocycles. The third-order valence-electron chi connectivity index (χ3n) is 4.83. The molecule has 2 rings (SSSR count). The van der Waals surface area contributed by atoms with Crippen LogP contribution in [-0.2, 0) is 20.8 Å². The first-order valence-corrected chi connectivity index (χ1v) is 9.50. The van der Waals surface area contributed by atoms with E-state index in [-0.39, 0.29) is 12.3 Å². The van der Waals surface area contributed by atoms with Crippen LogP contribution >= 0.6 is 0 Å². The van der Waals surface area contributed by atoms with Gasteiger partial charge in [-0.1, -0.05) is 32.0 Å². The fourth-order valence-corrected chi connectivity index (χ4v) is 3.04. The molecule has 8 N–H and O–H groups in total. The number of para-hydroxylation sites is 1. The largest absolute Gasteiger partial charge is 0.391 e. The molecule has 0 saturated heterocycles. The van der Waals surface area contributed by atoms with Crippen molar-refractivity contribution in [1.82, 2.24) is 15.6 Å². The summed E-state index contributed by atoms with van der Waals surface area (Å²) < 4.78 is 0. The minimum Gasteiger partial charge on any atom is -0.391 e. The van der Waals surface area contributed by atoms with Gasteiger partial charge in [-0.25, -0.2) is 0 Å². The van der Waals surface area contributed by atoms with E-state index in [0.717, 1.165) is 16.5 Å². The summed E-state index contributed by atoms with van der Waals surface area (Å²) in [6.07, 6.45) is 0.845. The van der Waals surface area contributed by atoms with Crippen LogP contribution in [0.15, 0.2) is 30.5 Å². The lowest BCUT2D eigenvalue weighted by atomic mass is 10.0. The van der Waals surface area contributed by atoms with Gasteiger partial charge in [0.25, 0.3) is 0 Å². The summed E-state index contributed by atoms with van der Waals surface area (Å²) in [6, 6.07) is 4.49. The lowest BCUT2D eigenvalue weighted by molar-refractivity contribution is -0.133. The normalized spacial score (nSPS) is 15.5. The number of rotatable bonds is 9. The minimum absolute atomic E-state index is 0.164. The SMILES string of the molecule is CC(C)[C@@H](NC(=O)[C@@H](Cc1c[nH]c2ccccc12)NC(=O)[C@@H](N)[C@@H](C)O)C(N)=O. The van der Waals surface area contributed by atoms with Gasteiger partial charge in [0, 0.05) is 23.5 Å². The summed E-state index contributed by atoms with van der Waals surface area (Å²) >= 11 is 0. The fourth-order valence-electron chi connectivity index (χ4n) is 3.04. The molecule has 1 heterocycles. The van der Waals surface area contributed by atoms with Gasteiger partial charge in [-0.05, 0) is 24.5 Å². The highest BCUT2D eigenvalue weighted by atomic mass is 16.3. The van der Waals surface area contributed by atoms with E-state index in [1.807, 2.05) is 24.3 Å². The molecule has 29 heavy (non-hydrogen) atoms. The average molecular weight is 403 g/mol. The smallest absolute Gasteiger partial charge is 0.243 e. The number of aliphatic hydroxyl groups excluding tert-OH is 1. The molecular formula is C20H29N5O4. The molecule has 0 bridgehead atoms. The summed E-state index contributed by atoms with van der Waals surface area (Å²) in [4.78, 5) is 40.1. The second-order valence-corrected chi connectivity index (χ2v) is 7.52. The Morgan fingerprint density at radius 2 is 1.76 bits per heavy atom. The van der Waals surface area contributed by atoms with Crippen LogP contribution in [0, 0.1) is 5.92 Å². The Hall–Kier alpha value is -2.91. The van der Waals surface area contributed by atoms with Crippen LogP contribution in [0.4, 0.5) is 0 Å². The van der Waals surface area contributed by atoms with Crippen molar-refractivity contribution in [2.75, 3.05) is 0 Å². The summed E-state index contributed by atoms with van der Waals surface area (Å²) in [7, 11) is 0. The number of H-pyrrole nitrogens is 1. The Labute approximate surface area is 169 Å². The summed E-state index contributed by atoms with van der Waals surface area (Å²) in [5, 5.41) is 15.7. The monoisotopic (exact) mass is 403 g/mol. The number of carbonyl (C=O) groups excluding carboxylic acids is 3. The number of nitrogens with two attached hydrogens (primary N) is 2. The van der Waals surface area contributed by atoms with E-state index < -0.39 is 42.0 Å². The van der Waals surface area contributed by atoms with Crippen molar-refractivity contribution in [2.24, 2.45) is 17.4 Å². The standard InChI is InChI=1S/C20H29N5O4/c1-10(2)17(18(22)27)25-19(28)15(24-20(29)16(21)11(3)26)8-12-9-23-14-7-5-4-6-13(12)14/h4-7,9-11,15-17,23,26H,8,21H2,1-3H3,(H2,22,27)(H,24,29)(H,25,28)/t11-,15-,16+,17-/m1/s1. The first kappa shape index (κ1) is 22.4. The van der Waals surface area contributed by atoms with Gasteiger partial charge in [0.15, 0.2) is 0 Å². The highest BCUT2D eigenvalue weighted by Gasteiger charge is 2.30. The maximum absolute atomic E-state index is 12.9. The molecule has 9 heteroatoms. The van der Waals surface area contributed by atoms with Crippen LogP contribution in [0.25, 0.3) is 10.9 Å². The third-order valence-corrected chi connectivity index (χ3v) is 4.83. The average Bonchev–Trinajstić information content (AvgIpc) is 3.07. The molecule has 0 aliphatic rings. The van der Waals surface area contributed by atoms with E-state index in [2.05, 4.69) is 15.6 Å². The molecule has 0 spiro atoms. The van der Waals surface area contributed by atoms with Gasteiger partial charge in [0.05, 0.1) is 6.10 Å². The number of aromatic amines is 1. The summed E-state index contributed by atoms with van der Waals surface area (Å²) in [6.45, 7) is 4.90. The van der Waals surface area contributed by atoms with Crippen molar-refractivity contribution < 1.29 is 19.5 Å². The van der Waals surface area contributed by atoms with Crippen molar-refractivity contribution in [2.45, 2.75) is 51.4 Å². The zero-order valence-electron chi connectivity index (χ0n) is 16.8. The number of aliphatic hydroxyl groups is 1. The molecule has 9 nitrogen and oxygen atoms in total. The van der Waals surface area contributed by atoms with Crippen LogP contribution in [0.5, 0.6) is 0 Å². The molecule has 0 aliphatic heterocycles. The number of aromatic nitrogens is 1. The predicted molar refractivity (Wildman–Crippen MR) is 110 cm³/mol. The van der Waals surface area contributed by atoms with E-state index in [0.29, 0.717) is 0 Å². The molecule has 0 aliphatic carbocycles. The second kappa shape index (κ2) is 9.53. The number of benzene rings is 1. The van der Waals surface area contributed by atoms with Gasteiger partial charge in [0.1, 0.15) is 18.1 Å². The topological polar surface area (TPSA) is 163 Å². The Morgan fingerprint density at radius 1 is 1.10 bits per heavy atom. The highest BCUT2D eigenvalue weighted by Crippen LogP contribution is 2.19. The minimum atomic E-state index is -1.19. The molecule has 0 radical (unpaired) electrons. The molecule has 1 aromatic heterocycles. The highest BCUT2D eigenvalue weighted by molar-refractivity contribution is 5.93. The van der Waals surface area contributed by atoms with Crippen LogP contribution in [0.1, 0.15) is 26.3 Å². The van der Waals surface area contributed by atoms with Crippen molar-refractivity contribution in [3.05, 3.63) is 36.0 Å². The Kier molecular flexibility index (Phi) is 7.35. The molecule has 0 fully saturated rings. The molecular weight excluding hydrogens is 374 g/mol. The Balaban J connectivity index is 2.28. The number of amides is 3. The van der Waals surface area contributed by atoms with E-state index in [9.17, 15) is 19.5 Å². The molecule has 0 unspecified atom stereocenters. The second-order valence-electron chi connectivity index (χ2n) is 7.52. The lowest BCUT2D eigenvalue weighted by Gasteiger charge is -2.25. The van der Waals surface area contributed by atoms with Gasteiger partial charge in [-0.15, -0.1) is 0 Å². The van der Waals surface area contributed by atoms with Crippen LogP contribution < -0.4 is 22.1 Å². The fraction of sp³-hybridized carbons (Fsp3) is 0.450. The quantitative estimate of drug-likeness (QED) is 0.333. The van der Waals surface area contributed by atoms with Crippen molar-refractivity contribution in [1.29, 1.82) is 0 Å². The number of nitrogens with one attached hydrogen (secondary N) is 3. The third kappa shape index (κ3) is 5.55. The zero-order chi connectivity index (χ0) is 21.7. The summed E-state index contributed by atoms with van der Waals surface area (Å²) in [5.74, 6) is -2.11. The Bertz CT molecular complexity index is 877. The molecule has 0 saturated carbocycles. The first-order valence-electron chi connectivity index (χ1n) is 9.50. The summed E-state index contributed by atoms with van der Waals surface area (Å²) in [5.41, 5.74) is 12.8. The van der Waals surface area contributed by atoms with E-state index in [1.54, 1.807) is 20.0 Å². The number of carbonyl (C=O) groups is 3. The maximum Gasteiger partial charge on any atom is 0.243 e. The predicted octanol–water partition coefficient (Wildman–Crippen LogP) is -0.471. The van der Waals surface area contributed by atoms with Crippen LogP contribution in [-0.4, -0.2) is 52.0 Å². The number of primary amides is 1. The van der Waals surface area contributed by atoms with Crippen molar-refractivity contribution >= 4 is 28.6 Å². The van der Waals surface area contributed by atoms with E-state index in [1.165, 1.54) is 6.92 Å². The first-order chi connectivity index (χ1) is 13.6. The zero-order valence-corrected chi connectivity index (χ0v) is 16.8. The van der Waals surface area contributed by atoms with Gasteiger partial charge in [0.2, 0.25) is 17.7 Å². The van der Waals surface area contributed by atoms with Gasteiger partial charge < -0.3 is 32.2 Å². The number of hydrogen-bond acceptors (Lipinski definition) is 5. The van der Waals surface area contributed by atoms with Crippen molar-refractivity contribution in [3.63, 3.8) is 0 Å². The van der Waals surface area contributed by atoms with Gasteiger partial charge in [-0.2, -0.15) is 0 Å². The number of fused-ring (bicyclic) bond motifs is 1. The molecule has 158 valence electrons. The van der Waals surface area contributed by atoms with Crippen molar-refractivity contribution in [3.8, 4) is 0 Å². The Morgan fingerprint density at radius 3 is 2.34 bits per heavy atom. The number of hydrogen-bond donors (Lipinski definition) is 6. The van der Waals surface area contributed by atoms with Gasteiger partial charge in [-0.3, -0.25) is 14.4 Å². The van der Waals surface area contributed by atoms with Gasteiger partial charge >= 0.3 is 0 Å². The maximum atomic E-state index is 12.9. The molecule has 3 amide bonds. The molecule has 2 aromatic rings. The molecule has 4 atom stereocenters.